The molecule has 0 radical (unpaired) electrons. The van der Waals surface area contributed by atoms with Gasteiger partial charge in [0.25, 0.3) is 0 Å². The second-order valence-electron chi connectivity index (χ2n) is 5.71. The molecule has 21 heavy (non-hydrogen) atoms. The first-order valence-electron chi connectivity index (χ1n) is 7.25. The normalized spacial score (nSPS) is 14.1. The van der Waals surface area contributed by atoms with Gasteiger partial charge in [-0.3, -0.25) is 9.48 Å². The van der Waals surface area contributed by atoms with E-state index in [-0.39, 0.29) is 12.5 Å². The quantitative estimate of drug-likeness (QED) is 0.913. The molecule has 5 nitrogen and oxygen atoms in total. The van der Waals surface area contributed by atoms with Crippen molar-refractivity contribution in [1.29, 1.82) is 0 Å². The molecular formula is C16H20N4O. The number of nitrogen functional groups attached to an aromatic ring is 1. The summed E-state index contributed by atoms with van der Waals surface area (Å²) in [6.07, 6.45) is 5.45. The van der Waals surface area contributed by atoms with Crippen LogP contribution in [-0.2, 0) is 17.9 Å². The number of aromatic nitrogens is 2. The monoisotopic (exact) mass is 284 g/mol. The van der Waals surface area contributed by atoms with Crippen LogP contribution in [0.5, 0.6) is 0 Å². The molecule has 0 aliphatic heterocycles. The first-order chi connectivity index (χ1) is 10.1. The largest absolute Gasteiger partial charge is 0.396 e. The third-order valence-corrected chi connectivity index (χ3v) is 3.69. The number of anilines is 1. The Hall–Kier alpha value is -2.30. The van der Waals surface area contributed by atoms with E-state index in [4.69, 9.17) is 5.73 Å². The van der Waals surface area contributed by atoms with E-state index in [0.717, 1.165) is 12.8 Å². The maximum atomic E-state index is 12.5. The van der Waals surface area contributed by atoms with Gasteiger partial charge in [0.1, 0.15) is 6.54 Å². The molecule has 1 saturated carbocycles. The number of rotatable bonds is 5. The van der Waals surface area contributed by atoms with E-state index in [9.17, 15) is 4.79 Å². The van der Waals surface area contributed by atoms with Crippen LogP contribution in [0.2, 0.25) is 0 Å². The Morgan fingerprint density at radius 3 is 2.90 bits per heavy atom. The average molecular weight is 284 g/mol. The fourth-order valence-corrected chi connectivity index (χ4v) is 2.51. The topological polar surface area (TPSA) is 64.2 Å². The predicted molar refractivity (Wildman–Crippen MR) is 81.4 cm³/mol. The summed E-state index contributed by atoms with van der Waals surface area (Å²) in [4.78, 5) is 14.5. The minimum Gasteiger partial charge on any atom is -0.396 e. The highest BCUT2D eigenvalue weighted by Gasteiger charge is 2.32. The van der Waals surface area contributed by atoms with Crippen LogP contribution in [0.15, 0.2) is 36.7 Å². The lowest BCUT2D eigenvalue weighted by molar-refractivity contribution is -0.133. The number of aryl methyl sites for hydroxylation is 1. The summed E-state index contributed by atoms with van der Waals surface area (Å²) < 4.78 is 1.60. The number of carbonyl (C=O) groups is 1. The van der Waals surface area contributed by atoms with E-state index in [1.807, 2.05) is 11.0 Å². The van der Waals surface area contributed by atoms with Gasteiger partial charge in [-0.1, -0.05) is 29.8 Å². The van der Waals surface area contributed by atoms with Crippen molar-refractivity contribution in [2.24, 2.45) is 0 Å². The Bertz CT molecular complexity index is 645. The average Bonchev–Trinajstić information content (AvgIpc) is 3.20. The van der Waals surface area contributed by atoms with E-state index in [1.165, 1.54) is 11.1 Å². The molecule has 0 spiro atoms. The van der Waals surface area contributed by atoms with Crippen LogP contribution in [0.25, 0.3) is 0 Å². The summed E-state index contributed by atoms with van der Waals surface area (Å²) in [6, 6.07) is 8.69. The molecule has 0 saturated heterocycles. The number of benzene rings is 1. The predicted octanol–water partition coefficient (Wildman–Crippen LogP) is 1.96. The van der Waals surface area contributed by atoms with Crippen molar-refractivity contribution in [2.45, 2.75) is 38.9 Å². The maximum Gasteiger partial charge on any atom is 0.244 e. The number of amides is 1. The number of carbonyl (C=O) groups excluding carboxylic acids is 1. The number of nitrogens with zero attached hydrogens (tertiary/aromatic N) is 3. The molecule has 2 N–H and O–H groups in total. The van der Waals surface area contributed by atoms with Gasteiger partial charge >= 0.3 is 0 Å². The zero-order valence-corrected chi connectivity index (χ0v) is 12.2. The standard InChI is InChI=1S/C16H20N4O/c1-12-3-2-4-13(7-12)9-20(15-5-6-15)16(21)11-19-10-14(17)8-18-19/h2-4,7-8,10,15H,5-6,9,11,17H2,1H3. The van der Waals surface area contributed by atoms with E-state index >= 15 is 0 Å². The molecule has 1 aromatic carbocycles. The van der Waals surface area contributed by atoms with Crippen molar-refractivity contribution in [2.75, 3.05) is 5.73 Å². The van der Waals surface area contributed by atoms with Gasteiger partial charge in [-0.25, -0.2) is 0 Å². The highest BCUT2D eigenvalue weighted by atomic mass is 16.2. The number of nitrogens with two attached hydrogens (primary N) is 1. The summed E-state index contributed by atoms with van der Waals surface area (Å²) >= 11 is 0. The van der Waals surface area contributed by atoms with Crippen LogP contribution in [0, 0.1) is 6.92 Å². The first-order valence-corrected chi connectivity index (χ1v) is 7.25. The van der Waals surface area contributed by atoms with Crippen LogP contribution in [0.3, 0.4) is 0 Å². The van der Waals surface area contributed by atoms with Gasteiger partial charge in [0, 0.05) is 18.8 Å². The lowest BCUT2D eigenvalue weighted by Gasteiger charge is -2.22. The van der Waals surface area contributed by atoms with Crippen LogP contribution in [0.1, 0.15) is 24.0 Å². The zero-order chi connectivity index (χ0) is 14.8. The Labute approximate surface area is 124 Å². The molecule has 110 valence electrons. The van der Waals surface area contributed by atoms with E-state index in [2.05, 4.69) is 30.2 Å². The lowest BCUT2D eigenvalue weighted by Crippen LogP contribution is -2.35. The van der Waals surface area contributed by atoms with Gasteiger partial charge < -0.3 is 10.6 Å². The fourth-order valence-electron chi connectivity index (χ4n) is 2.51. The maximum absolute atomic E-state index is 12.5. The molecule has 1 amide bonds. The summed E-state index contributed by atoms with van der Waals surface area (Å²) in [6.45, 7) is 2.99. The third-order valence-electron chi connectivity index (χ3n) is 3.69. The molecule has 1 fully saturated rings. The first kappa shape index (κ1) is 13.7. The van der Waals surface area contributed by atoms with Gasteiger partial charge in [0.2, 0.25) is 5.91 Å². The van der Waals surface area contributed by atoms with Gasteiger partial charge in [-0.15, -0.1) is 0 Å². The molecule has 5 heteroatoms. The second-order valence-corrected chi connectivity index (χ2v) is 5.71. The summed E-state index contributed by atoms with van der Waals surface area (Å²) in [5, 5.41) is 4.08. The Kier molecular flexibility index (Phi) is 3.64. The highest BCUT2D eigenvalue weighted by molar-refractivity contribution is 5.76. The van der Waals surface area contributed by atoms with Crippen LogP contribution in [0.4, 0.5) is 5.69 Å². The van der Waals surface area contributed by atoms with Crippen molar-refractivity contribution >= 4 is 11.6 Å². The van der Waals surface area contributed by atoms with Crippen molar-refractivity contribution in [1.82, 2.24) is 14.7 Å². The van der Waals surface area contributed by atoms with Crippen molar-refractivity contribution in [3.63, 3.8) is 0 Å². The molecule has 1 aliphatic rings. The van der Waals surface area contributed by atoms with Crippen molar-refractivity contribution in [3.05, 3.63) is 47.8 Å². The number of hydrogen-bond acceptors (Lipinski definition) is 3. The summed E-state index contributed by atoms with van der Waals surface area (Å²) in [5.41, 5.74) is 8.61. The lowest BCUT2D eigenvalue weighted by atomic mass is 10.1. The van der Waals surface area contributed by atoms with Gasteiger partial charge in [0.05, 0.1) is 11.9 Å². The van der Waals surface area contributed by atoms with Crippen LogP contribution < -0.4 is 5.73 Å². The molecule has 1 aliphatic carbocycles. The van der Waals surface area contributed by atoms with Crippen molar-refractivity contribution < 1.29 is 4.79 Å². The molecule has 2 aromatic rings. The van der Waals surface area contributed by atoms with Crippen LogP contribution in [-0.4, -0.2) is 26.6 Å². The summed E-state index contributed by atoms with van der Waals surface area (Å²) in [7, 11) is 0. The van der Waals surface area contributed by atoms with E-state index in [0.29, 0.717) is 18.3 Å². The van der Waals surface area contributed by atoms with E-state index < -0.39 is 0 Å². The van der Waals surface area contributed by atoms with Crippen LogP contribution >= 0.6 is 0 Å². The number of hydrogen-bond donors (Lipinski definition) is 1. The van der Waals surface area contributed by atoms with Gasteiger partial charge in [-0.2, -0.15) is 5.10 Å². The summed E-state index contributed by atoms with van der Waals surface area (Å²) in [5.74, 6) is 0.0992. The molecule has 1 heterocycles. The Morgan fingerprint density at radius 1 is 1.48 bits per heavy atom. The van der Waals surface area contributed by atoms with Gasteiger partial charge in [0.15, 0.2) is 0 Å². The Morgan fingerprint density at radius 2 is 2.29 bits per heavy atom. The molecule has 3 rings (SSSR count). The molecule has 0 atom stereocenters. The Balaban J connectivity index is 1.70. The highest BCUT2D eigenvalue weighted by Crippen LogP contribution is 2.28. The molecular weight excluding hydrogens is 264 g/mol. The molecule has 0 bridgehead atoms. The van der Waals surface area contributed by atoms with Crippen molar-refractivity contribution in [3.8, 4) is 0 Å². The third kappa shape index (κ3) is 3.42. The SMILES string of the molecule is Cc1cccc(CN(C(=O)Cn2cc(N)cn2)C2CC2)c1. The van der Waals surface area contributed by atoms with Gasteiger partial charge in [-0.05, 0) is 25.3 Å². The zero-order valence-electron chi connectivity index (χ0n) is 12.2. The molecule has 1 aromatic heterocycles. The van der Waals surface area contributed by atoms with E-state index in [1.54, 1.807) is 17.1 Å². The fraction of sp³-hybridized carbons (Fsp3) is 0.375. The molecule has 0 unspecified atom stereocenters. The second kappa shape index (κ2) is 5.60. The minimum absolute atomic E-state index is 0.0992. The minimum atomic E-state index is 0.0992. The smallest absolute Gasteiger partial charge is 0.244 e.